The van der Waals surface area contributed by atoms with Crippen molar-refractivity contribution in [3.63, 3.8) is 0 Å². The second kappa shape index (κ2) is 6.69. The minimum Gasteiger partial charge on any atom is -0.360 e. The Balaban J connectivity index is 1.44. The molecule has 29 heavy (non-hydrogen) atoms. The molecule has 3 heterocycles. The van der Waals surface area contributed by atoms with Crippen molar-refractivity contribution in [3.05, 3.63) is 57.2 Å². The van der Waals surface area contributed by atoms with Crippen LogP contribution >= 0.6 is 11.3 Å². The number of fused-ring (bicyclic) bond motifs is 2. The summed E-state index contributed by atoms with van der Waals surface area (Å²) in [5.41, 5.74) is 3.94. The van der Waals surface area contributed by atoms with E-state index < -0.39 is 0 Å². The van der Waals surface area contributed by atoms with Crippen LogP contribution in [0.25, 0.3) is 0 Å². The number of benzene rings is 1. The van der Waals surface area contributed by atoms with Crippen molar-refractivity contribution >= 4 is 28.7 Å². The summed E-state index contributed by atoms with van der Waals surface area (Å²) in [7, 11) is 0. The first-order chi connectivity index (χ1) is 13.9. The first kappa shape index (κ1) is 18.4. The van der Waals surface area contributed by atoms with Gasteiger partial charge in [0.2, 0.25) is 0 Å². The number of anilines is 2. The maximum atomic E-state index is 13.1. The smallest absolute Gasteiger partial charge is 0.261 e. The van der Waals surface area contributed by atoms with E-state index in [2.05, 4.69) is 53.6 Å². The van der Waals surface area contributed by atoms with E-state index in [4.69, 9.17) is 0 Å². The zero-order chi connectivity index (χ0) is 20.2. The summed E-state index contributed by atoms with van der Waals surface area (Å²) >= 11 is 1.70. The SMILES string of the molecule is Cc1cnc(C2CC(C)(C)n3ncc(C(=O)Nc4ccc5c(c4)CCC5)c3N2)s1. The molecule has 150 valence electrons. The van der Waals surface area contributed by atoms with Crippen LogP contribution in [0.2, 0.25) is 0 Å². The zero-order valence-corrected chi connectivity index (χ0v) is 17.8. The molecule has 0 fully saturated rings. The molecule has 1 amide bonds. The van der Waals surface area contributed by atoms with Gasteiger partial charge in [-0.3, -0.25) is 4.79 Å². The predicted octanol–water partition coefficient (Wildman–Crippen LogP) is 4.68. The van der Waals surface area contributed by atoms with Crippen LogP contribution in [0.5, 0.6) is 0 Å². The molecule has 0 bridgehead atoms. The summed E-state index contributed by atoms with van der Waals surface area (Å²) in [5, 5.41) is 12.2. The highest BCUT2D eigenvalue weighted by Gasteiger charge is 2.37. The van der Waals surface area contributed by atoms with Gasteiger partial charge in [0, 0.05) is 16.8 Å². The van der Waals surface area contributed by atoms with E-state index in [9.17, 15) is 4.79 Å². The summed E-state index contributed by atoms with van der Waals surface area (Å²) in [6.45, 7) is 6.37. The molecule has 2 N–H and O–H groups in total. The third kappa shape index (κ3) is 3.23. The lowest BCUT2D eigenvalue weighted by Gasteiger charge is -2.37. The van der Waals surface area contributed by atoms with Crippen molar-refractivity contribution in [2.45, 2.75) is 58.0 Å². The molecular weight excluding hydrogens is 382 g/mol. The number of amides is 1. The lowest BCUT2D eigenvalue weighted by molar-refractivity contribution is 0.102. The zero-order valence-electron chi connectivity index (χ0n) is 17.0. The second-order valence-electron chi connectivity index (χ2n) is 8.63. The minimum absolute atomic E-state index is 0.0689. The normalized spacial score (nSPS) is 19.3. The van der Waals surface area contributed by atoms with Crippen LogP contribution in [0, 0.1) is 6.92 Å². The fraction of sp³-hybridized carbons (Fsp3) is 0.409. The van der Waals surface area contributed by atoms with Crippen LogP contribution in [0.15, 0.2) is 30.6 Å². The number of nitrogens with zero attached hydrogens (tertiary/aromatic N) is 3. The van der Waals surface area contributed by atoms with E-state index in [-0.39, 0.29) is 17.5 Å². The highest BCUT2D eigenvalue weighted by Crippen LogP contribution is 2.41. The molecule has 3 aromatic rings. The average molecular weight is 408 g/mol. The van der Waals surface area contributed by atoms with E-state index in [1.54, 1.807) is 17.5 Å². The number of carbonyl (C=O) groups is 1. The van der Waals surface area contributed by atoms with Gasteiger partial charge in [0.25, 0.3) is 5.91 Å². The first-order valence-electron chi connectivity index (χ1n) is 10.1. The fourth-order valence-corrected chi connectivity index (χ4v) is 5.27. The lowest BCUT2D eigenvalue weighted by atomic mass is 9.93. The van der Waals surface area contributed by atoms with Crippen molar-refractivity contribution in [2.75, 3.05) is 10.6 Å². The van der Waals surface area contributed by atoms with Gasteiger partial charge in [0.15, 0.2) is 0 Å². The Kier molecular flexibility index (Phi) is 4.24. The summed E-state index contributed by atoms with van der Waals surface area (Å²) in [5.74, 6) is 0.626. The Bertz CT molecular complexity index is 1100. The van der Waals surface area contributed by atoms with Crippen molar-refractivity contribution in [1.82, 2.24) is 14.8 Å². The van der Waals surface area contributed by atoms with Crippen LogP contribution in [-0.2, 0) is 18.4 Å². The Morgan fingerprint density at radius 3 is 2.90 bits per heavy atom. The molecular formula is C22H25N5OS. The number of aryl methyl sites for hydroxylation is 3. The lowest BCUT2D eigenvalue weighted by Crippen LogP contribution is -2.38. The Morgan fingerprint density at radius 2 is 2.10 bits per heavy atom. The Hall–Kier alpha value is -2.67. The third-order valence-electron chi connectivity index (χ3n) is 5.90. The molecule has 0 radical (unpaired) electrons. The first-order valence-corrected chi connectivity index (χ1v) is 10.9. The van der Waals surface area contributed by atoms with Crippen molar-refractivity contribution in [1.29, 1.82) is 0 Å². The van der Waals surface area contributed by atoms with Gasteiger partial charge >= 0.3 is 0 Å². The number of nitrogens with one attached hydrogen (secondary N) is 2. The van der Waals surface area contributed by atoms with Gasteiger partial charge in [0.1, 0.15) is 16.4 Å². The third-order valence-corrected chi connectivity index (χ3v) is 6.92. The van der Waals surface area contributed by atoms with E-state index in [0.717, 1.165) is 35.8 Å². The molecule has 2 aliphatic rings. The fourth-order valence-electron chi connectivity index (χ4n) is 4.44. The van der Waals surface area contributed by atoms with E-state index >= 15 is 0 Å². The van der Waals surface area contributed by atoms with Crippen LogP contribution in [0.1, 0.15) is 64.1 Å². The molecule has 6 nitrogen and oxygen atoms in total. The number of aromatic nitrogens is 3. The molecule has 1 aliphatic heterocycles. The molecule has 1 atom stereocenters. The average Bonchev–Trinajstić information content (AvgIpc) is 3.39. The summed E-state index contributed by atoms with van der Waals surface area (Å²) in [6.07, 6.45) is 7.86. The quantitative estimate of drug-likeness (QED) is 0.661. The monoisotopic (exact) mass is 407 g/mol. The Labute approximate surface area is 174 Å². The standard InChI is InChI=1S/C22H25N5OS/c1-13-11-23-21(29-13)18-10-22(2,3)27-19(26-18)17(12-24-27)20(28)25-16-8-7-14-5-4-6-15(14)9-16/h7-9,11-12,18,26H,4-6,10H2,1-3H3,(H,25,28). The van der Waals surface area contributed by atoms with Crippen LogP contribution < -0.4 is 10.6 Å². The van der Waals surface area contributed by atoms with Gasteiger partial charge in [-0.2, -0.15) is 5.10 Å². The van der Waals surface area contributed by atoms with Crippen molar-refractivity contribution < 1.29 is 4.79 Å². The van der Waals surface area contributed by atoms with Crippen molar-refractivity contribution in [2.24, 2.45) is 0 Å². The van der Waals surface area contributed by atoms with Crippen LogP contribution in [-0.4, -0.2) is 20.7 Å². The molecule has 2 aromatic heterocycles. The molecule has 0 spiro atoms. The highest BCUT2D eigenvalue weighted by molar-refractivity contribution is 7.11. The summed E-state index contributed by atoms with van der Waals surface area (Å²) in [4.78, 5) is 18.8. The molecule has 1 aliphatic carbocycles. The number of rotatable bonds is 3. The van der Waals surface area contributed by atoms with Gasteiger partial charge in [-0.25, -0.2) is 9.67 Å². The highest BCUT2D eigenvalue weighted by atomic mass is 32.1. The van der Waals surface area contributed by atoms with Gasteiger partial charge in [-0.1, -0.05) is 6.07 Å². The Morgan fingerprint density at radius 1 is 1.28 bits per heavy atom. The number of thiazole rings is 1. The van der Waals surface area contributed by atoms with E-state index in [1.165, 1.54) is 22.4 Å². The molecule has 7 heteroatoms. The molecule has 5 rings (SSSR count). The maximum Gasteiger partial charge on any atom is 0.261 e. The van der Waals surface area contributed by atoms with Crippen LogP contribution in [0.4, 0.5) is 11.5 Å². The van der Waals surface area contributed by atoms with Gasteiger partial charge in [-0.05, 0) is 69.7 Å². The van der Waals surface area contributed by atoms with E-state index in [1.807, 2.05) is 16.9 Å². The topological polar surface area (TPSA) is 71.8 Å². The predicted molar refractivity (Wildman–Crippen MR) is 116 cm³/mol. The number of hydrogen-bond donors (Lipinski definition) is 2. The van der Waals surface area contributed by atoms with Crippen molar-refractivity contribution in [3.8, 4) is 0 Å². The maximum absolute atomic E-state index is 13.1. The van der Waals surface area contributed by atoms with E-state index in [0.29, 0.717) is 5.56 Å². The summed E-state index contributed by atoms with van der Waals surface area (Å²) in [6, 6.07) is 6.30. The van der Waals surface area contributed by atoms with Gasteiger partial charge < -0.3 is 10.6 Å². The minimum atomic E-state index is -0.211. The number of carbonyl (C=O) groups excluding carboxylic acids is 1. The molecule has 0 saturated carbocycles. The largest absolute Gasteiger partial charge is 0.360 e. The van der Waals surface area contributed by atoms with Gasteiger partial charge in [-0.15, -0.1) is 11.3 Å². The molecule has 1 unspecified atom stereocenters. The second-order valence-corrected chi connectivity index (χ2v) is 9.90. The summed E-state index contributed by atoms with van der Waals surface area (Å²) < 4.78 is 1.93. The van der Waals surface area contributed by atoms with Gasteiger partial charge in [0.05, 0.1) is 17.8 Å². The molecule has 1 aromatic carbocycles. The van der Waals surface area contributed by atoms with Crippen LogP contribution in [0.3, 0.4) is 0 Å². The molecule has 0 saturated heterocycles. The number of hydrogen-bond acceptors (Lipinski definition) is 5.